The molecule has 4 nitrogen and oxygen atoms in total. The lowest BCUT2D eigenvalue weighted by atomic mass is 9.95. The zero-order valence-electron chi connectivity index (χ0n) is 16.1. The number of benzene rings is 2. The van der Waals surface area contributed by atoms with Crippen LogP contribution in [-0.4, -0.2) is 29.8 Å². The molecule has 154 valence electrons. The van der Waals surface area contributed by atoms with Gasteiger partial charge in [0.05, 0.1) is 28.4 Å². The zero-order valence-corrected chi connectivity index (χ0v) is 17.6. The van der Waals surface area contributed by atoms with E-state index in [9.17, 15) is 14.0 Å². The average molecular weight is 437 g/mol. The van der Waals surface area contributed by atoms with E-state index in [2.05, 4.69) is 5.32 Å². The van der Waals surface area contributed by atoms with Gasteiger partial charge in [0, 0.05) is 13.1 Å². The lowest BCUT2D eigenvalue weighted by Crippen LogP contribution is -2.46. The number of carbonyl (C=O) groups excluding carboxylic acids is 2. The van der Waals surface area contributed by atoms with Gasteiger partial charge in [-0.05, 0) is 55.2 Å². The van der Waals surface area contributed by atoms with Crippen molar-refractivity contribution in [2.45, 2.75) is 32.2 Å². The molecule has 2 unspecified atom stereocenters. The second kappa shape index (κ2) is 9.59. The van der Waals surface area contributed by atoms with E-state index in [-0.39, 0.29) is 36.0 Å². The third kappa shape index (κ3) is 5.71. The maximum absolute atomic E-state index is 13.0. The first-order valence-electron chi connectivity index (χ1n) is 9.61. The smallest absolute Gasteiger partial charge is 0.227 e. The number of carbonyl (C=O) groups is 2. The van der Waals surface area contributed by atoms with E-state index in [1.54, 1.807) is 29.2 Å². The molecule has 1 heterocycles. The quantitative estimate of drug-likeness (QED) is 0.731. The number of nitrogens with zero attached hydrogens (tertiary/aromatic N) is 1. The average Bonchev–Trinajstić information content (AvgIpc) is 2.71. The summed E-state index contributed by atoms with van der Waals surface area (Å²) in [4.78, 5) is 27.1. The number of nitrogens with one attached hydrogen (secondary N) is 1. The third-order valence-corrected chi connectivity index (χ3v) is 5.95. The van der Waals surface area contributed by atoms with Crippen LogP contribution in [0.3, 0.4) is 0 Å². The Balaban J connectivity index is 1.57. The fourth-order valence-corrected chi connectivity index (χ4v) is 3.81. The highest BCUT2D eigenvalue weighted by Gasteiger charge is 2.29. The summed E-state index contributed by atoms with van der Waals surface area (Å²) in [7, 11) is 0. The van der Waals surface area contributed by atoms with Crippen molar-refractivity contribution in [3.05, 3.63) is 69.5 Å². The van der Waals surface area contributed by atoms with Crippen LogP contribution in [0.4, 0.5) is 4.39 Å². The molecule has 1 aliphatic heterocycles. The number of piperidine rings is 1. The van der Waals surface area contributed by atoms with Crippen molar-refractivity contribution in [3.8, 4) is 0 Å². The first-order chi connectivity index (χ1) is 13.8. The van der Waals surface area contributed by atoms with Crippen LogP contribution >= 0.6 is 23.2 Å². The molecule has 0 bridgehead atoms. The van der Waals surface area contributed by atoms with Crippen LogP contribution in [0.15, 0.2) is 42.5 Å². The Bertz CT molecular complexity index is 889. The van der Waals surface area contributed by atoms with E-state index in [1.807, 2.05) is 13.0 Å². The molecule has 2 aromatic carbocycles. The molecule has 1 saturated heterocycles. The Kier molecular flexibility index (Phi) is 7.14. The summed E-state index contributed by atoms with van der Waals surface area (Å²) in [5.41, 5.74) is 1.63. The van der Waals surface area contributed by atoms with Crippen LogP contribution in [0.25, 0.3) is 0 Å². The van der Waals surface area contributed by atoms with E-state index in [0.717, 1.165) is 24.0 Å². The highest BCUT2D eigenvalue weighted by Crippen LogP contribution is 2.26. The van der Waals surface area contributed by atoms with Crippen LogP contribution in [0.5, 0.6) is 0 Å². The molecule has 29 heavy (non-hydrogen) atoms. The predicted molar refractivity (Wildman–Crippen MR) is 112 cm³/mol. The molecular formula is C22H23Cl2FN2O2. The van der Waals surface area contributed by atoms with Gasteiger partial charge in [-0.2, -0.15) is 0 Å². The maximum Gasteiger partial charge on any atom is 0.227 e. The summed E-state index contributed by atoms with van der Waals surface area (Å²) in [6.45, 7) is 2.91. The highest BCUT2D eigenvalue weighted by molar-refractivity contribution is 6.42. The van der Waals surface area contributed by atoms with Crippen molar-refractivity contribution in [2.75, 3.05) is 13.1 Å². The molecule has 1 N–H and O–H groups in total. The summed E-state index contributed by atoms with van der Waals surface area (Å²) in [6, 6.07) is 11.0. The maximum atomic E-state index is 13.0. The van der Waals surface area contributed by atoms with Crippen molar-refractivity contribution in [3.63, 3.8) is 0 Å². The van der Waals surface area contributed by atoms with E-state index < -0.39 is 0 Å². The van der Waals surface area contributed by atoms with Crippen molar-refractivity contribution in [1.29, 1.82) is 0 Å². The van der Waals surface area contributed by atoms with Crippen molar-refractivity contribution < 1.29 is 14.0 Å². The van der Waals surface area contributed by atoms with Crippen molar-refractivity contribution in [2.24, 2.45) is 5.92 Å². The molecule has 2 aromatic rings. The number of halogens is 3. The number of hydrogen-bond acceptors (Lipinski definition) is 2. The van der Waals surface area contributed by atoms with Crippen LogP contribution in [0, 0.1) is 11.7 Å². The molecule has 0 radical (unpaired) electrons. The molecule has 0 aliphatic carbocycles. The lowest BCUT2D eigenvalue weighted by molar-refractivity contribution is -0.135. The van der Waals surface area contributed by atoms with E-state index in [4.69, 9.17) is 23.2 Å². The monoisotopic (exact) mass is 436 g/mol. The van der Waals surface area contributed by atoms with Crippen molar-refractivity contribution >= 4 is 35.0 Å². The SMILES string of the molecule is CC(NC(=O)C1CCCN(C(=O)Cc2ccc(F)cc2)C1)c1ccc(Cl)c(Cl)c1. The van der Waals surface area contributed by atoms with Gasteiger partial charge in [0.1, 0.15) is 5.82 Å². The van der Waals surface area contributed by atoms with Crippen LogP contribution in [0.1, 0.15) is 36.9 Å². The Morgan fingerprint density at radius 3 is 2.59 bits per heavy atom. The fraction of sp³-hybridized carbons (Fsp3) is 0.364. The summed E-state index contributed by atoms with van der Waals surface area (Å²) in [5.74, 6) is -0.715. The van der Waals surface area contributed by atoms with Crippen LogP contribution in [-0.2, 0) is 16.0 Å². The second-order valence-electron chi connectivity index (χ2n) is 7.39. The van der Waals surface area contributed by atoms with Crippen LogP contribution in [0.2, 0.25) is 10.0 Å². The van der Waals surface area contributed by atoms with Gasteiger partial charge in [0.15, 0.2) is 0 Å². The fourth-order valence-electron chi connectivity index (χ4n) is 3.50. The standard InChI is InChI=1S/C22H23Cl2FN2O2/c1-14(16-6-9-19(23)20(24)12-16)26-22(29)17-3-2-10-27(13-17)21(28)11-15-4-7-18(25)8-5-15/h4-9,12,14,17H,2-3,10-11,13H2,1H3,(H,26,29). The van der Waals surface area contributed by atoms with Crippen LogP contribution < -0.4 is 5.32 Å². The number of rotatable bonds is 5. The number of likely N-dealkylation sites (tertiary alicyclic amines) is 1. The Morgan fingerprint density at radius 1 is 1.17 bits per heavy atom. The molecule has 0 saturated carbocycles. The summed E-state index contributed by atoms with van der Waals surface area (Å²) < 4.78 is 13.0. The molecule has 2 amide bonds. The number of hydrogen-bond donors (Lipinski definition) is 1. The topological polar surface area (TPSA) is 49.4 Å². The molecule has 2 atom stereocenters. The minimum absolute atomic E-state index is 0.0494. The Hall–Kier alpha value is -2.11. The Labute approximate surface area is 180 Å². The van der Waals surface area contributed by atoms with Gasteiger partial charge in [-0.3, -0.25) is 9.59 Å². The first kappa shape index (κ1) is 21.6. The van der Waals surface area contributed by atoms with Gasteiger partial charge < -0.3 is 10.2 Å². The molecule has 1 aliphatic rings. The molecule has 0 spiro atoms. The van der Waals surface area contributed by atoms with Gasteiger partial charge >= 0.3 is 0 Å². The molecule has 0 aromatic heterocycles. The minimum Gasteiger partial charge on any atom is -0.349 e. The van der Waals surface area contributed by atoms with Gasteiger partial charge in [0.25, 0.3) is 0 Å². The van der Waals surface area contributed by atoms with Gasteiger partial charge in [-0.25, -0.2) is 4.39 Å². The number of amides is 2. The zero-order chi connectivity index (χ0) is 21.0. The molecular weight excluding hydrogens is 414 g/mol. The summed E-state index contributed by atoms with van der Waals surface area (Å²) >= 11 is 12.0. The van der Waals surface area contributed by atoms with Gasteiger partial charge in [-0.15, -0.1) is 0 Å². The van der Waals surface area contributed by atoms with E-state index >= 15 is 0 Å². The largest absolute Gasteiger partial charge is 0.349 e. The summed E-state index contributed by atoms with van der Waals surface area (Å²) in [6.07, 6.45) is 1.71. The van der Waals surface area contributed by atoms with Gasteiger partial charge in [0.2, 0.25) is 11.8 Å². The van der Waals surface area contributed by atoms with Crippen molar-refractivity contribution in [1.82, 2.24) is 10.2 Å². The summed E-state index contributed by atoms with van der Waals surface area (Å²) in [5, 5.41) is 3.92. The highest BCUT2D eigenvalue weighted by atomic mass is 35.5. The van der Waals surface area contributed by atoms with E-state index in [0.29, 0.717) is 23.1 Å². The molecule has 1 fully saturated rings. The second-order valence-corrected chi connectivity index (χ2v) is 8.20. The third-order valence-electron chi connectivity index (χ3n) is 5.22. The minimum atomic E-state index is -0.327. The lowest BCUT2D eigenvalue weighted by Gasteiger charge is -2.33. The molecule has 3 rings (SSSR count). The van der Waals surface area contributed by atoms with E-state index in [1.165, 1.54) is 12.1 Å². The van der Waals surface area contributed by atoms with Gasteiger partial charge in [-0.1, -0.05) is 41.4 Å². The first-order valence-corrected chi connectivity index (χ1v) is 10.4. The molecule has 7 heteroatoms. The normalized spacial score (nSPS) is 17.7. The Morgan fingerprint density at radius 2 is 1.90 bits per heavy atom. The predicted octanol–water partition coefficient (Wildman–Crippen LogP) is 4.79.